The van der Waals surface area contributed by atoms with Gasteiger partial charge in [0, 0.05) is 13.1 Å². The third kappa shape index (κ3) is 5.31. The number of ether oxygens (including phenoxy) is 2. The number of aliphatic hydroxyl groups excluding tert-OH is 1. The van der Waals surface area contributed by atoms with E-state index in [0.717, 1.165) is 19.3 Å². The summed E-state index contributed by atoms with van der Waals surface area (Å²) in [4.78, 5) is 45.6. The number of unbranched alkanes of at least 4 members (excludes halogenated alkanes) is 2. The second kappa shape index (κ2) is 12.8. The van der Waals surface area contributed by atoms with Gasteiger partial charge < -0.3 is 24.4 Å². The number of carbonyl (C=O) groups is 3. The van der Waals surface area contributed by atoms with Crippen LogP contribution in [0, 0.1) is 17.8 Å². The summed E-state index contributed by atoms with van der Waals surface area (Å²) in [5.41, 5.74) is -1.95. The van der Waals surface area contributed by atoms with Crippen LogP contribution >= 0.6 is 0 Å². The molecule has 2 bridgehead atoms. The zero-order valence-corrected chi connectivity index (χ0v) is 23.8. The molecule has 1 spiro atoms. The minimum atomic E-state index is -1.12. The van der Waals surface area contributed by atoms with Crippen LogP contribution in [-0.4, -0.2) is 82.3 Å². The Kier molecular flexibility index (Phi) is 10.2. The fourth-order valence-electron chi connectivity index (χ4n) is 6.97. The molecular formula is C30H48N2O6. The first-order chi connectivity index (χ1) is 18.2. The van der Waals surface area contributed by atoms with E-state index in [1.165, 1.54) is 0 Å². The van der Waals surface area contributed by atoms with E-state index < -0.39 is 41.1 Å². The molecule has 6 atom stereocenters. The summed E-state index contributed by atoms with van der Waals surface area (Å²) in [7, 11) is 0. The van der Waals surface area contributed by atoms with Crippen LogP contribution in [0.1, 0.15) is 79.1 Å². The number of hydrogen-bond acceptors (Lipinski definition) is 6. The molecule has 214 valence electrons. The first kappa shape index (κ1) is 30.4. The zero-order chi connectivity index (χ0) is 28.1. The van der Waals surface area contributed by atoms with Gasteiger partial charge in [0.25, 0.3) is 0 Å². The van der Waals surface area contributed by atoms with Gasteiger partial charge in [0.05, 0.1) is 30.8 Å². The van der Waals surface area contributed by atoms with Crippen LogP contribution in [0.15, 0.2) is 25.3 Å². The molecule has 2 unspecified atom stereocenters. The highest BCUT2D eigenvalue weighted by atomic mass is 16.6. The number of hydrogen-bond donors (Lipinski definition) is 1. The molecular weight excluding hydrogens is 484 g/mol. The highest BCUT2D eigenvalue weighted by Gasteiger charge is 2.79. The number of rotatable bonds is 16. The Morgan fingerprint density at radius 2 is 1.97 bits per heavy atom. The van der Waals surface area contributed by atoms with Crippen molar-refractivity contribution in [1.82, 2.24) is 9.80 Å². The van der Waals surface area contributed by atoms with Crippen molar-refractivity contribution in [1.29, 1.82) is 0 Å². The number of allylic oxidation sites excluding steroid dienone is 1. The number of amides is 2. The summed E-state index contributed by atoms with van der Waals surface area (Å²) in [6.45, 7) is 16.5. The van der Waals surface area contributed by atoms with Crippen LogP contribution < -0.4 is 0 Å². The van der Waals surface area contributed by atoms with Crippen LogP contribution in [0.25, 0.3) is 0 Å². The number of likely N-dealkylation sites (tertiary alicyclic amines) is 1. The predicted octanol–water partition coefficient (Wildman–Crippen LogP) is 3.87. The molecule has 8 nitrogen and oxygen atoms in total. The number of nitrogens with zero attached hydrogens (tertiary/aromatic N) is 2. The topological polar surface area (TPSA) is 96.4 Å². The van der Waals surface area contributed by atoms with Gasteiger partial charge in [0.1, 0.15) is 17.6 Å². The summed E-state index contributed by atoms with van der Waals surface area (Å²) in [5.74, 6) is -2.29. The summed E-state index contributed by atoms with van der Waals surface area (Å²) in [5, 5.41) is 10.4. The normalized spacial score (nSPS) is 30.4. The van der Waals surface area contributed by atoms with Crippen LogP contribution in [0.3, 0.4) is 0 Å². The average molecular weight is 533 g/mol. The number of aliphatic hydroxyl groups is 1. The van der Waals surface area contributed by atoms with Crippen molar-refractivity contribution >= 4 is 17.8 Å². The van der Waals surface area contributed by atoms with Crippen molar-refractivity contribution in [2.24, 2.45) is 17.8 Å². The third-order valence-corrected chi connectivity index (χ3v) is 8.69. The first-order valence-electron chi connectivity index (χ1n) is 14.5. The SMILES string of the molecule is C=CCCCOC(=O)[C@H]1[C@H]2C(=O)N([C@@H](CO)CC(C)C)C(C(=O)N(CC=C)CCCC)C23CC[C@]1(CC)O3. The monoisotopic (exact) mass is 532 g/mol. The van der Waals surface area contributed by atoms with Gasteiger partial charge in [-0.25, -0.2) is 0 Å². The lowest BCUT2D eigenvalue weighted by atomic mass is 9.65. The van der Waals surface area contributed by atoms with Crippen LogP contribution in [0.4, 0.5) is 0 Å². The van der Waals surface area contributed by atoms with Gasteiger partial charge in [0.15, 0.2) is 0 Å². The maximum atomic E-state index is 14.3. The molecule has 0 saturated carbocycles. The molecule has 3 fully saturated rings. The third-order valence-electron chi connectivity index (χ3n) is 8.69. The van der Waals surface area contributed by atoms with E-state index in [9.17, 15) is 19.5 Å². The van der Waals surface area contributed by atoms with Gasteiger partial charge >= 0.3 is 5.97 Å². The predicted molar refractivity (Wildman–Crippen MR) is 146 cm³/mol. The Morgan fingerprint density at radius 1 is 1.24 bits per heavy atom. The molecule has 3 aliphatic rings. The Bertz CT molecular complexity index is 890. The lowest BCUT2D eigenvalue weighted by Gasteiger charge is -2.40. The van der Waals surface area contributed by atoms with Crippen molar-refractivity contribution in [2.75, 3.05) is 26.3 Å². The van der Waals surface area contributed by atoms with Gasteiger partial charge in [-0.1, -0.05) is 46.3 Å². The van der Waals surface area contributed by atoms with Crippen LogP contribution in [-0.2, 0) is 23.9 Å². The number of carbonyl (C=O) groups excluding carboxylic acids is 3. The lowest BCUT2D eigenvalue weighted by molar-refractivity contribution is -0.164. The molecule has 0 aromatic heterocycles. The largest absolute Gasteiger partial charge is 0.465 e. The van der Waals surface area contributed by atoms with Crippen molar-refractivity contribution < 1.29 is 29.0 Å². The fourth-order valence-corrected chi connectivity index (χ4v) is 6.97. The molecule has 0 aliphatic carbocycles. The standard InChI is InChI=1S/C30H48N2O6/c1-7-11-13-18-37-28(36)24-23-26(34)32(22(20-33)19-21(5)6)25(27(35)31(16-9-3)17-12-8-2)30(23)15-14-29(24,10-4)38-30/h7,9,21-25,33H,1,3,8,10-20H2,2,4-6H3/t22-,23+,24-,25?,29+,30?/m1/s1. The van der Waals surface area contributed by atoms with Crippen molar-refractivity contribution in [2.45, 2.75) is 102 Å². The van der Waals surface area contributed by atoms with Crippen molar-refractivity contribution in [3.63, 3.8) is 0 Å². The second-order valence-electron chi connectivity index (χ2n) is 11.6. The molecule has 3 aliphatic heterocycles. The van der Waals surface area contributed by atoms with E-state index >= 15 is 0 Å². The van der Waals surface area contributed by atoms with E-state index in [1.54, 1.807) is 22.0 Å². The van der Waals surface area contributed by atoms with Gasteiger partial charge in [0.2, 0.25) is 11.8 Å². The maximum absolute atomic E-state index is 14.3. The molecule has 2 amide bonds. The van der Waals surface area contributed by atoms with Gasteiger partial charge in [-0.2, -0.15) is 0 Å². The molecule has 3 heterocycles. The summed E-state index contributed by atoms with van der Waals surface area (Å²) in [6.07, 6.45) is 8.81. The fraction of sp³-hybridized carbons (Fsp3) is 0.767. The molecule has 0 aromatic rings. The molecule has 1 N–H and O–H groups in total. The van der Waals surface area contributed by atoms with Gasteiger partial charge in [-0.15, -0.1) is 13.2 Å². The summed E-state index contributed by atoms with van der Waals surface area (Å²) in [6, 6.07) is -1.45. The Morgan fingerprint density at radius 3 is 2.55 bits per heavy atom. The zero-order valence-electron chi connectivity index (χ0n) is 23.8. The maximum Gasteiger partial charge on any atom is 0.312 e. The highest BCUT2D eigenvalue weighted by molar-refractivity contribution is 5.98. The molecule has 38 heavy (non-hydrogen) atoms. The lowest BCUT2D eigenvalue weighted by Crippen LogP contribution is -2.59. The minimum absolute atomic E-state index is 0.191. The van der Waals surface area contributed by atoms with Gasteiger partial charge in [-0.05, 0) is 50.9 Å². The van der Waals surface area contributed by atoms with Crippen LogP contribution in [0.5, 0.6) is 0 Å². The summed E-state index contributed by atoms with van der Waals surface area (Å²) < 4.78 is 12.5. The van der Waals surface area contributed by atoms with E-state index in [-0.39, 0.29) is 30.9 Å². The smallest absolute Gasteiger partial charge is 0.312 e. The molecule has 8 heteroatoms. The van der Waals surface area contributed by atoms with E-state index in [4.69, 9.17) is 9.47 Å². The molecule has 3 rings (SSSR count). The van der Waals surface area contributed by atoms with E-state index in [2.05, 4.69) is 20.1 Å². The summed E-state index contributed by atoms with van der Waals surface area (Å²) >= 11 is 0. The van der Waals surface area contributed by atoms with Crippen molar-refractivity contribution in [3.05, 3.63) is 25.3 Å². The van der Waals surface area contributed by atoms with E-state index in [1.807, 2.05) is 20.8 Å². The number of esters is 1. The molecule has 0 radical (unpaired) electrons. The first-order valence-corrected chi connectivity index (χ1v) is 14.5. The molecule has 0 aromatic carbocycles. The van der Waals surface area contributed by atoms with Crippen molar-refractivity contribution in [3.8, 4) is 0 Å². The number of fused-ring (bicyclic) bond motifs is 1. The highest BCUT2D eigenvalue weighted by Crippen LogP contribution is 2.65. The van der Waals surface area contributed by atoms with E-state index in [0.29, 0.717) is 45.2 Å². The van der Waals surface area contributed by atoms with Crippen LogP contribution in [0.2, 0.25) is 0 Å². The Balaban J connectivity index is 2.07. The van der Waals surface area contributed by atoms with Gasteiger partial charge in [-0.3, -0.25) is 14.4 Å². The molecule has 3 saturated heterocycles. The quantitative estimate of drug-likeness (QED) is 0.184. The Hall–Kier alpha value is -2.19. The Labute approximate surface area is 228 Å². The minimum Gasteiger partial charge on any atom is -0.465 e. The average Bonchev–Trinajstić information content (AvgIpc) is 3.50. The second-order valence-corrected chi connectivity index (χ2v) is 11.6.